The van der Waals surface area contributed by atoms with Gasteiger partial charge in [0, 0.05) is 12.6 Å². The first-order valence-corrected chi connectivity index (χ1v) is 7.95. The Morgan fingerprint density at radius 2 is 1.90 bits per heavy atom. The van der Waals surface area contributed by atoms with E-state index in [4.69, 9.17) is 5.73 Å². The van der Waals surface area contributed by atoms with E-state index in [2.05, 4.69) is 0 Å². The molecule has 0 bridgehead atoms. The number of carbonyl (C=O) groups excluding carboxylic acids is 1. The van der Waals surface area contributed by atoms with Crippen molar-refractivity contribution in [3.05, 3.63) is 29.8 Å². The van der Waals surface area contributed by atoms with E-state index < -0.39 is 6.04 Å². The predicted octanol–water partition coefficient (Wildman–Crippen LogP) is 2.44. The van der Waals surface area contributed by atoms with Gasteiger partial charge < -0.3 is 15.7 Å². The molecule has 4 nitrogen and oxygen atoms in total. The van der Waals surface area contributed by atoms with Gasteiger partial charge >= 0.3 is 0 Å². The minimum absolute atomic E-state index is 0.0532. The van der Waals surface area contributed by atoms with Gasteiger partial charge in [-0.05, 0) is 43.9 Å². The Morgan fingerprint density at radius 1 is 1.29 bits per heavy atom. The predicted molar refractivity (Wildman–Crippen MR) is 84.0 cm³/mol. The highest BCUT2D eigenvalue weighted by atomic mass is 16.3. The van der Waals surface area contributed by atoms with Crippen LogP contribution in [0.15, 0.2) is 24.3 Å². The van der Waals surface area contributed by atoms with E-state index in [0.29, 0.717) is 12.5 Å². The van der Waals surface area contributed by atoms with Crippen LogP contribution in [-0.2, 0) is 11.2 Å². The normalized spacial score (nSPS) is 17.4. The number of carbonyl (C=O) groups is 1. The average molecular weight is 290 g/mol. The number of nitrogens with two attached hydrogens (primary N) is 1. The van der Waals surface area contributed by atoms with E-state index in [0.717, 1.165) is 24.9 Å². The number of aromatic hydroxyl groups is 1. The minimum atomic E-state index is -0.503. The molecule has 0 aliphatic heterocycles. The molecule has 0 spiro atoms. The molecule has 2 rings (SSSR count). The molecule has 1 aliphatic carbocycles. The lowest BCUT2D eigenvalue weighted by molar-refractivity contribution is -0.135. The summed E-state index contributed by atoms with van der Waals surface area (Å²) in [5.74, 6) is 0.286. The number of hydrogen-bond acceptors (Lipinski definition) is 3. The number of hydrogen-bond donors (Lipinski definition) is 2. The first kappa shape index (κ1) is 15.8. The standard InChI is InChI=1S/C17H26N2O2/c1-2-19(14-6-4-3-5-7-14)17(21)16(18)12-13-8-10-15(20)11-9-13/h8-11,14,16,20H,2-7,12,18H2,1H3. The van der Waals surface area contributed by atoms with Gasteiger partial charge in [-0.15, -0.1) is 0 Å². The molecule has 1 atom stereocenters. The van der Waals surface area contributed by atoms with Crippen LogP contribution in [0.5, 0.6) is 5.75 Å². The zero-order chi connectivity index (χ0) is 15.2. The van der Waals surface area contributed by atoms with Crippen LogP contribution in [0.2, 0.25) is 0 Å². The lowest BCUT2D eigenvalue weighted by Gasteiger charge is -2.35. The second-order valence-corrected chi connectivity index (χ2v) is 5.89. The van der Waals surface area contributed by atoms with Crippen molar-refractivity contribution in [3.8, 4) is 5.75 Å². The van der Waals surface area contributed by atoms with Crippen LogP contribution < -0.4 is 5.73 Å². The Bertz CT molecular complexity index is 452. The van der Waals surface area contributed by atoms with Gasteiger partial charge in [-0.1, -0.05) is 31.4 Å². The number of rotatable bonds is 5. The van der Waals surface area contributed by atoms with Gasteiger partial charge in [0.2, 0.25) is 5.91 Å². The maximum absolute atomic E-state index is 12.6. The first-order valence-electron chi connectivity index (χ1n) is 7.95. The van der Waals surface area contributed by atoms with Gasteiger partial charge in [0.25, 0.3) is 0 Å². The van der Waals surface area contributed by atoms with Gasteiger partial charge in [-0.25, -0.2) is 0 Å². The SMILES string of the molecule is CCN(C(=O)C(N)Cc1ccc(O)cc1)C1CCCCC1. The van der Waals surface area contributed by atoms with E-state index >= 15 is 0 Å². The van der Waals surface area contributed by atoms with E-state index in [1.165, 1.54) is 19.3 Å². The summed E-state index contributed by atoms with van der Waals surface area (Å²) in [6.45, 7) is 2.76. The largest absolute Gasteiger partial charge is 0.508 e. The van der Waals surface area contributed by atoms with Crippen molar-refractivity contribution in [3.63, 3.8) is 0 Å². The molecular weight excluding hydrogens is 264 g/mol. The molecular formula is C17H26N2O2. The lowest BCUT2D eigenvalue weighted by Crippen LogP contribution is -2.49. The van der Waals surface area contributed by atoms with Crippen LogP contribution in [0, 0.1) is 0 Å². The fraction of sp³-hybridized carbons (Fsp3) is 0.588. The van der Waals surface area contributed by atoms with Crippen LogP contribution in [0.3, 0.4) is 0 Å². The second-order valence-electron chi connectivity index (χ2n) is 5.89. The molecule has 1 fully saturated rings. The number of phenolic OH excluding ortho intramolecular Hbond substituents is 1. The Morgan fingerprint density at radius 3 is 2.48 bits per heavy atom. The molecule has 1 unspecified atom stereocenters. The fourth-order valence-electron chi connectivity index (χ4n) is 3.17. The molecule has 4 heteroatoms. The molecule has 3 N–H and O–H groups in total. The highest BCUT2D eigenvalue weighted by Gasteiger charge is 2.27. The maximum Gasteiger partial charge on any atom is 0.240 e. The van der Waals surface area contributed by atoms with E-state index in [1.807, 2.05) is 24.0 Å². The highest BCUT2D eigenvalue weighted by Crippen LogP contribution is 2.23. The quantitative estimate of drug-likeness (QED) is 0.875. The van der Waals surface area contributed by atoms with Crippen molar-refractivity contribution in [1.82, 2.24) is 4.90 Å². The third kappa shape index (κ3) is 4.21. The number of benzene rings is 1. The van der Waals surface area contributed by atoms with E-state index in [9.17, 15) is 9.90 Å². The van der Waals surface area contributed by atoms with Crippen molar-refractivity contribution in [2.24, 2.45) is 5.73 Å². The van der Waals surface area contributed by atoms with Gasteiger partial charge in [0.1, 0.15) is 5.75 Å². The van der Waals surface area contributed by atoms with Gasteiger partial charge in [-0.2, -0.15) is 0 Å². The Kier molecular flexibility index (Phi) is 5.62. The summed E-state index contributed by atoms with van der Waals surface area (Å²) in [7, 11) is 0. The van der Waals surface area contributed by atoms with Crippen molar-refractivity contribution in [2.75, 3.05) is 6.54 Å². The van der Waals surface area contributed by atoms with Crippen molar-refractivity contribution in [1.29, 1.82) is 0 Å². The zero-order valence-corrected chi connectivity index (χ0v) is 12.8. The Labute approximate surface area is 126 Å². The number of amides is 1. The summed E-state index contributed by atoms with van der Waals surface area (Å²) in [5.41, 5.74) is 7.10. The zero-order valence-electron chi connectivity index (χ0n) is 12.8. The lowest BCUT2D eigenvalue weighted by atomic mass is 9.93. The van der Waals surface area contributed by atoms with Crippen LogP contribution in [0.25, 0.3) is 0 Å². The third-order valence-electron chi connectivity index (χ3n) is 4.35. The van der Waals surface area contributed by atoms with Crippen LogP contribution >= 0.6 is 0 Å². The summed E-state index contributed by atoms with van der Waals surface area (Å²) in [6, 6.07) is 6.76. The molecule has 0 heterocycles. The van der Waals surface area contributed by atoms with E-state index in [1.54, 1.807) is 12.1 Å². The second kappa shape index (κ2) is 7.46. The van der Waals surface area contributed by atoms with Gasteiger partial charge in [0.15, 0.2) is 0 Å². The van der Waals surface area contributed by atoms with Crippen LogP contribution in [0.4, 0.5) is 0 Å². The Hall–Kier alpha value is -1.55. The molecule has 0 saturated heterocycles. The summed E-state index contributed by atoms with van der Waals surface area (Å²) >= 11 is 0. The summed E-state index contributed by atoms with van der Waals surface area (Å²) in [5, 5.41) is 9.29. The fourth-order valence-corrected chi connectivity index (χ4v) is 3.17. The highest BCUT2D eigenvalue weighted by molar-refractivity contribution is 5.82. The van der Waals surface area contributed by atoms with Crippen molar-refractivity contribution >= 4 is 5.91 Å². The molecule has 1 aromatic carbocycles. The van der Waals surface area contributed by atoms with Crippen molar-refractivity contribution in [2.45, 2.75) is 57.5 Å². The number of likely N-dealkylation sites (N-methyl/N-ethyl adjacent to an activating group) is 1. The topological polar surface area (TPSA) is 66.6 Å². The molecule has 116 valence electrons. The maximum atomic E-state index is 12.6. The first-order chi connectivity index (χ1) is 10.1. The average Bonchev–Trinajstić information content (AvgIpc) is 2.51. The Balaban J connectivity index is 1.97. The van der Waals surface area contributed by atoms with Gasteiger partial charge in [0.05, 0.1) is 6.04 Å². The third-order valence-corrected chi connectivity index (χ3v) is 4.35. The number of nitrogens with zero attached hydrogens (tertiary/aromatic N) is 1. The molecule has 21 heavy (non-hydrogen) atoms. The van der Waals surface area contributed by atoms with Crippen LogP contribution in [0.1, 0.15) is 44.6 Å². The molecule has 0 radical (unpaired) electrons. The molecule has 1 aromatic rings. The van der Waals surface area contributed by atoms with Gasteiger partial charge in [-0.3, -0.25) is 4.79 Å². The summed E-state index contributed by atoms with van der Waals surface area (Å²) < 4.78 is 0. The molecule has 1 aliphatic rings. The summed E-state index contributed by atoms with van der Waals surface area (Å²) in [6.07, 6.45) is 6.42. The minimum Gasteiger partial charge on any atom is -0.508 e. The molecule has 1 saturated carbocycles. The smallest absolute Gasteiger partial charge is 0.240 e. The molecule has 1 amide bonds. The van der Waals surface area contributed by atoms with E-state index in [-0.39, 0.29) is 11.7 Å². The summed E-state index contributed by atoms with van der Waals surface area (Å²) in [4.78, 5) is 14.6. The van der Waals surface area contributed by atoms with Crippen LogP contribution in [-0.4, -0.2) is 34.5 Å². The molecule has 0 aromatic heterocycles. The monoisotopic (exact) mass is 290 g/mol. The van der Waals surface area contributed by atoms with Crippen molar-refractivity contribution < 1.29 is 9.90 Å². The number of phenols is 1.